The predicted molar refractivity (Wildman–Crippen MR) is 135 cm³/mol. The molecule has 0 N–H and O–H groups in total. The maximum Gasteiger partial charge on any atom is 0.326 e. The second kappa shape index (κ2) is 10.2. The van der Waals surface area contributed by atoms with Gasteiger partial charge in [-0.25, -0.2) is 8.42 Å². The van der Waals surface area contributed by atoms with Gasteiger partial charge in [0, 0.05) is 12.6 Å². The van der Waals surface area contributed by atoms with Gasteiger partial charge >= 0.3 is 5.97 Å². The lowest BCUT2D eigenvalue weighted by Gasteiger charge is -2.19. The molecule has 1 aromatic heterocycles. The first-order valence-corrected chi connectivity index (χ1v) is 13.0. The molecule has 0 aliphatic rings. The van der Waals surface area contributed by atoms with E-state index in [0.29, 0.717) is 10.5 Å². The average molecular weight is 510 g/mol. The van der Waals surface area contributed by atoms with Gasteiger partial charge in [0.25, 0.3) is 15.9 Å². The molecular weight excluding hydrogens is 486 g/mol. The zero-order valence-electron chi connectivity index (χ0n) is 19.1. The summed E-state index contributed by atoms with van der Waals surface area (Å²) in [7, 11) is -2.32. The molecule has 0 aliphatic heterocycles. The van der Waals surface area contributed by atoms with E-state index in [1.165, 1.54) is 47.0 Å². The van der Waals surface area contributed by atoms with Crippen LogP contribution in [0.3, 0.4) is 0 Å². The second-order valence-electron chi connectivity index (χ2n) is 7.49. The maximum absolute atomic E-state index is 13.0. The van der Waals surface area contributed by atoms with Crippen molar-refractivity contribution >= 4 is 49.1 Å². The van der Waals surface area contributed by atoms with Crippen LogP contribution in [0.1, 0.15) is 17.3 Å². The van der Waals surface area contributed by atoms with Crippen molar-refractivity contribution in [3.63, 3.8) is 0 Å². The number of carbonyl (C=O) groups is 2. The third-order valence-electron chi connectivity index (χ3n) is 5.26. The SMILES string of the molecule is CCOC(=O)Cn1c(=NC(=O)c2ccc(S(=O)(=O)N(C)c3ccccc3)cc2)sc2ccccc21. The number of hydrogen-bond acceptors (Lipinski definition) is 6. The first kappa shape index (κ1) is 24.4. The lowest BCUT2D eigenvalue weighted by atomic mass is 10.2. The Morgan fingerprint density at radius 1 is 0.971 bits per heavy atom. The number of anilines is 1. The number of para-hydroxylation sites is 2. The minimum atomic E-state index is -3.80. The topological polar surface area (TPSA) is 98.0 Å². The number of hydrogen-bond donors (Lipinski definition) is 0. The Bertz CT molecular complexity index is 1540. The van der Waals surface area contributed by atoms with E-state index in [1.807, 2.05) is 24.3 Å². The summed E-state index contributed by atoms with van der Waals surface area (Å²) in [6.07, 6.45) is 0. The zero-order chi connectivity index (χ0) is 25.0. The van der Waals surface area contributed by atoms with Gasteiger partial charge in [0.1, 0.15) is 6.54 Å². The molecule has 4 aromatic rings. The van der Waals surface area contributed by atoms with Crippen molar-refractivity contribution in [1.29, 1.82) is 0 Å². The Labute approximate surface area is 206 Å². The molecule has 10 heteroatoms. The lowest BCUT2D eigenvalue weighted by Crippen LogP contribution is -2.26. The Hall–Kier alpha value is -3.76. The van der Waals surface area contributed by atoms with Gasteiger partial charge in [-0.15, -0.1) is 0 Å². The standard InChI is InChI=1S/C25H23N3O5S2/c1-3-33-23(29)17-28-21-11-7-8-12-22(21)34-25(28)26-24(30)18-13-15-20(16-14-18)35(31,32)27(2)19-9-5-4-6-10-19/h4-16H,3,17H2,1-2H3. The molecule has 3 aromatic carbocycles. The molecule has 8 nitrogen and oxygen atoms in total. The summed E-state index contributed by atoms with van der Waals surface area (Å²) in [5.41, 5.74) is 1.52. The fraction of sp³-hybridized carbons (Fsp3) is 0.160. The van der Waals surface area contributed by atoms with E-state index >= 15 is 0 Å². The van der Waals surface area contributed by atoms with Gasteiger partial charge in [-0.05, 0) is 55.5 Å². The molecule has 0 saturated heterocycles. The summed E-state index contributed by atoms with van der Waals surface area (Å²) < 4.78 is 34.7. The Morgan fingerprint density at radius 3 is 2.31 bits per heavy atom. The van der Waals surface area contributed by atoms with Gasteiger partial charge in [0.2, 0.25) is 0 Å². The van der Waals surface area contributed by atoms with Crippen molar-refractivity contribution in [2.24, 2.45) is 4.99 Å². The molecule has 180 valence electrons. The number of rotatable bonds is 7. The molecule has 0 atom stereocenters. The monoisotopic (exact) mass is 509 g/mol. The summed E-state index contributed by atoms with van der Waals surface area (Å²) >= 11 is 1.28. The van der Waals surface area contributed by atoms with Crippen molar-refractivity contribution in [2.45, 2.75) is 18.4 Å². The summed E-state index contributed by atoms with van der Waals surface area (Å²) in [6, 6.07) is 21.8. The van der Waals surface area contributed by atoms with Crippen LogP contribution in [0.15, 0.2) is 88.8 Å². The number of ether oxygens (including phenoxy) is 1. The van der Waals surface area contributed by atoms with Crippen molar-refractivity contribution in [3.8, 4) is 0 Å². The molecule has 0 bridgehead atoms. The number of thiazole rings is 1. The largest absolute Gasteiger partial charge is 0.465 e. The highest BCUT2D eigenvalue weighted by molar-refractivity contribution is 7.92. The molecule has 1 heterocycles. The summed E-state index contributed by atoms with van der Waals surface area (Å²) in [5, 5.41) is 0. The number of aromatic nitrogens is 1. The fourth-order valence-corrected chi connectivity index (χ4v) is 5.67. The molecule has 0 saturated carbocycles. The third-order valence-corrected chi connectivity index (χ3v) is 8.12. The quantitative estimate of drug-likeness (QED) is 0.353. The van der Waals surface area contributed by atoms with E-state index in [2.05, 4.69) is 4.99 Å². The van der Waals surface area contributed by atoms with Crippen LogP contribution in [0, 0.1) is 0 Å². The molecule has 35 heavy (non-hydrogen) atoms. The fourth-order valence-electron chi connectivity index (χ4n) is 3.45. The van der Waals surface area contributed by atoms with E-state index in [0.717, 1.165) is 10.2 Å². The number of amides is 1. The van der Waals surface area contributed by atoms with Crippen LogP contribution < -0.4 is 9.11 Å². The van der Waals surface area contributed by atoms with Gasteiger partial charge in [-0.3, -0.25) is 13.9 Å². The zero-order valence-corrected chi connectivity index (χ0v) is 20.8. The Balaban J connectivity index is 1.65. The molecule has 0 unspecified atom stereocenters. The van der Waals surface area contributed by atoms with E-state index in [1.54, 1.807) is 41.8 Å². The minimum absolute atomic E-state index is 0.0552. The summed E-state index contributed by atoms with van der Waals surface area (Å²) in [5.74, 6) is -0.975. The van der Waals surface area contributed by atoms with Crippen LogP contribution in [0.25, 0.3) is 10.2 Å². The van der Waals surface area contributed by atoms with Gasteiger partial charge < -0.3 is 9.30 Å². The van der Waals surface area contributed by atoms with Crippen molar-refractivity contribution in [3.05, 3.63) is 89.2 Å². The van der Waals surface area contributed by atoms with Crippen molar-refractivity contribution in [2.75, 3.05) is 18.0 Å². The van der Waals surface area contributed by atoms with Gasteiger partial charge in [0.05, 0.1) is 27.4 Å². The summed E-state index contributed by atoms with van der Waals surface area (Å²) in [4.78, 5) is 29.7. The number of fused-ring (bicyclic) bond motifs is 1. The summed E-state index contributed by atoms with van der Waals surface area (Å²) in [6.45, 7) is 1.90. The van der Waals surface area contributed by atoms with Crippen molar-refractivity contribution < 1.29 is 22.7 Å². The number of esters is 1. The first-order valence-electron chi connectivity index (χ1n) is 10.8. The number of carbonyl (C=O) groups excluding carboxylic acids is 2. The van der Waals surface area contributed by atoms with Gasteiger partial charge in [-0.1, -0.05) is 41.7 Å². The van der Waals surface area contributed by atoms with Gasteiger partial charge in [-0.2, -0.15) is 4.99 Å². The van der Waals surface area contributed by atoms with Crippen molar-refractivity contribution in [1.82, 2.24) is 4.57 Å². The highest BCUT2D eigenvalue weighted by Gasteiger charge is 2.21. The number of sulfonamides is 1. The van der Waals surface area contributed by atoms with E-state index in [-0.39, 0.29) is 23.6 Å². The van der Waals surface area contributed by atoms with E-state index in [9.17, 15) is 18.0 Å². The molecule has 4 rings (SSSR count). The second-order valence-corrected chi connectivity index (χ2v) is 10.5. The predicted octanol–water partition coefficient (Wildman–Crippen LogP) is 3.83. The van der Waals surface area contributed by atoms with E-state index in [4.69, 9.17) is 4.74 Å². The maximum atomic E-state index is 13.0. The molecule has 0 radical (unpaired) electrons. The van der Waals surface area contributed by atoms with Gasteiger partial charge in [0.15, 0.2) is 4.80 Å². The van der Waals surface area contributed by atoms with Crippen LogP contribution in [-0.4, -0.2) is 38.5 Å². The van der Waals surface area contributed by atoms with Crippen LogP contribution >= 0.6 is 11.3 Å². The normalized spacial score (nSPS) is 12.0. The lowest BCUT2D eigenvalue weighted by molar-refractivity contribution is -0.143. The highest BCUT2D eigenvalue weighted by atomic mass is 32.2. The molecule has 0 fully saturated rings. The number of benzene rings is 3. The van der Waals surface area contributed by atoms with Crippen LogP contribution in [0.5, 0.6) is 0 Å². The smallest absolute Gasteiger partial charge is 0.326 e. The van der Waals surface area contributed by atoms with Crippen LogP contribution in [-0.2, 0) is 26.1 Å². The first-order chi connectivity index (χ1) is 16.8. The minimum Gasteiger partial charge on any atom is -0.465 e. The molecular formula is C25H23N3O5S2. The van der Waals surface area contributed by atoms with E-state index < -0.39 is 21.9 Å². The number of nitrogens with zero attached hydrogens (tertiary/aromatic N) is 3. The molecule has 1 amide bonds. The average Bonchev–Trinajstić information content (AvgIpc) is 3.20. The molecule has 0 spiro atoms. The van der Waals surface area contributed by atoms with Crippen LogP contribution in [0.2, 0.25) is 0 Å². The molecule has 0 aliphatic carbocycles. The Kier molecular flexibility index (Phi) is 7.13. The van der Waals surface area contributed by atoms with Crippen LogP contribution in [0.4, 0.5) is 5.69 Å². The third kappa shape index (κ3) is 5.18. The highest BCUT2D eigenvalue weighted by Crippen LogP contribution is 2.22. The Morgan fingerprint density at radius 2 is 1.63 bits per heavy atom.